The lowest BCUT2D eigenvalue weighted by atomic mass is 9.49. The minimum atomic E-state index is -1.93. The predicted octanol–water partition coefficient (Wildman–Crippen LogP) is 1.89. The highest BCUT2D eigenvalue weighted by Gasteiger charge is 2.62. The first kappa shape index (κ1) is 11.8. The summed E-state index contributed by atoms with van der Waals surface area (Å²) in [5.74, 6) is 1.83. The van der Waals surface area contributed by atoms with E-state index in [1.807, 2.05) is 12.2 Å². The van der Waals surface area contributed by atoms with E-state index in [4.69, 9.17) is 9.31 Å². The molecule has 2 saturated heterocycles. The lowest BCUT2D eigenvalue weighted by molar-refractivity contribution is -0.138. The zero-order valence-electron chi connectivity index (χ0n) is 9.85. The summed E-state index contributed by atoms with van der Waals surface area (Å²) in [6, 6.07) is 0. The molecule has 2 aliphatic rings. The van der Waals surface area contributed by atoms with Crippen LogP contribution in [0.25, 0.3) is 0 Å². The minimum Gasteiger partial charge on any atom is -0.610 e. The molecule has 4 nitrogen and oxygen atoms in total. The summed E-state index contributed by atoms with van der Waals surface area (Å²) < 4.78 is 10.3. The van der Waals surface area contributed by atoms with Gasteiger partial charge in [-0.2, -0.15) is 0 Å². The van der Waals surface area contributed by atoms with Gasteiger partial charge in [-0.25, -0.2) is 0 Å². The van der Waals surface area contributed by atoms with Gasteiger partial charge < -0.3 is 9.31 Å². The second-order valence-electron chi connectivity index (χ2n) is 4.36. The maximum Gasteiger partial charge on any atom is 0.581 e. The fourth-order valence-corrected chi connectivity index (χ4v) is 2.15. The predicted molar refractivity (Wildman–Crippen MR) is 63.6 cm³/mol. The summed E-state index contributed by atoms with van der Waals surface area (Å²) in [4.78, 5) is 22.5. The Bertz CT molecular complexity index is 366. The first-order chi connectivity index (χ1) is 8.16. The van der Waals surface area contributed by atoms with E-state index >= 15 is 0 Å². The maximum absolute atomic E-state index is 11.2. The Labute approximate surface area is 101 Å². The van der Waals surface area contributed by atoms with Crippen LogP contribution in [0.5, 0.6) is 0 Å². The molecule has 0 aliphatic carbocycles. The van der Waals surface area contributed by atoms with Crippen molar-refractivity contribution in [2.24, 2.45) is 0 Å². The van der Waals surface area contributed by atoms with Gasteiger partial charge >= 0.3 is 18.5 Å². The lowest BCUT2D eigenvalue weighted by Crippen LogP contribution is -2.37. The van der Waals surface area contributed by atoms with Gasteiger partial charge in [0.2, 0.25) is 0 Å². The highest BCUT2D eigenvalue weighted by Crippen LogP contribution is 2.40. The number of rotatable bonds is 4. The lowest BCUT2D eigenvalue weighted by Gasteiger charge is -2.20. The van der Waals surface area contributed by atoms with Crippen molar-refractivity contribution in [2.75, 3.05) is 0 Å². The SMILES string of the molecule is CCC/C=C\C=C/[B-]12OC(=O)C[C+]1CC(=O)O2. The normalized spacial score (nSPS) is 22.3. The number of allylic oxidation sites excluding steroid dienone is 3. The molecule has 2 heterocycles. The van der Waals surface area contributed by atoms with Gasteiger partial charge in [-0.15, -0.1) is 5.98 Å². The topological polar surface area (TPSA) is 52.6 Å². The Balaban J connectivity index is 2.06. The molecule has 0 N–H and O–H groups in total. The number of hydrogen-bond acceptors (Lipinski definition) is 4. The van der Waals surface area contributed by atoms with Gasteiger partial charge in [0.25, 0.3) is 0 Å². The quantitative estimate of drug-likeness (QED) is 0.423. The monoisotopic (exact) mass is 234 g/mol. The molecule has 0 amide bonds. The van der Waals surface area contributed by atoms with Crippen molar-refractivity contribution in [2.45, 2.75) is 32.6 Å². The van der Waals surface area contributed by atoms with Crippen molar-refractivity contribution in [1.29, 1.82) is 0 Å². The minimum absolute atomic E-state index is 0.203. The first-order valence-corrected chi connectivity index (χ1v) is 5.94. The van der Waals surface area contributed by atoms with Gasteiger partial charge in [0, 0.05) is 5.82 Å². The van der Waals surface area contributed by atoms with E-state index < -0.39 is 6.55 Å². The van der Waals surface area contributed by atoms with Crippen LogP contribution in [0, 0.1) is 5.82 Å². The number of carbonyl (C=O) groups is 2. The maximum atomic E-state index is 11.2. The molecule has 0 aromatic carbocycles. The molecule has 90 valence electrons. The second kappa shape index (κ2) is 4.69. The van der Waals surface area contributed by atoms with Gasteiger partial charge in [0.05, 0.1) is 0 Å². The standard InChI is InChI=1S/C12H15BO4/c1-2-3-4-5-6-7-13-10(8-11(14)16-13)9-12(15)17-13/h4-7H,2-3,8-9H2,1H3/b5-4-,7-6-. The van der Waals surface area contributed by atoms with Gasteiger partial charge in [-0.05, 0) is 6.42 Å². The molecule has 0 atom stereocenters. The molecule has 0 radical (unpaired) electrons. The molecule has 0 aromatic rings. The smallest absolute Gasteiger partial charge is 0.581 e. The Kier molecular flexibility index (Phi) is 3.27. The Morgan fingerprint density at radius 1 is 1.24 bits per heavy atom. The summed E-state index contributed by atoms with van der Waals surface area (Å²) >= 11 is 0. The van der Waals surface area contributed by atoms with E-state index in [2.05, 4.69) is 6.92 Å². The molecule has 0 spiro atoms. The molecular formula is C12H15BO4. The molecule has 17 heavy (non-hydrogen) atoms. The third-order valence-corrected chi connectivity index (χ3v) is 2.99. The molecule has 2 fully saturated rings. The van der Waals surface area contributed by atoms with E-state index in [0.29, 0.717) is 0 Å². The Hall–Kier alpha value is -1.65. The average Bonchev–Trinajstić information content (AvgIpc) is 2.69. The van der Waals surface area contributed by atoms with Crippen molar-refractivity contribution < 1.29 is 18.9 Å². The highest BCUT2D eigenvalue weighted by atomic mass is 16.7. The third kappa shape index (κ3) is 2.38. The van der Waals surface area contributed by atoms with Gasteiger partial charge in [-0.1, -0.05) is 31.6 Å². The van der Waals surface area contributed by atoms with Crippen molar-refractivity contribution in [3.8, 4) is 0 Å². The summed E-state index contributed by atoms with van der Waals surface area (Å²) in [5, 5.41) is 0. The molecule has 0 unspecified atom stereocenters. The van der Waals surface area contributed by atoms with E-state index in [-0.39, 0.29) is 24.8 Å². The van der Waals surface area contributed by atoms with Crippen LogP contribution in [0.3, 0.4) is 0 Å². The zero-order chi connectivity index (χ0) is 12.3. The van der Waals surface area contributed by atoms with Crippen LogP contribution in [0.2, 0.25) is 0 Å². The molecule has 0 aromatic heterocycles. The molecule has 0 bridgehead atoms. The molecule has 2 aliphatic heterocycles. The number of hydrogen-bond donors (Lipinski definition) is 0. The van der Waals surface area contributed by atoms with Crippen LogP contribution in [0.15, 0.2) is 24.2 Å². The van der Waals surface area contributed by atoms with Crippen LogP contribution in [0.4, 0.5) is 0 Å². The van der Waals surface area contributed by atoms with E-state index in [0.717, 1.165) is 18.7 Å². The zero-order valence-corrected chi connectivity index (χ0v) is 9.85. The fraction of sp³-hybridized carbons (Fsp3) is 0.417. The Morgan fingerprint density at radius 3 is 2.47 bits per heavy atom. The number of fused-ring (bicyclic) bond motifs is 1. The van der Waals surface area contributed by atoms with Gasteiger partial charge in [-0.3, -0.25) is 9.59 Å². The summed E-state index contributed by atoms with van der Waals surface area (Å²) in [6.07, 6.45) is 8.19. The molecular weight excluding hydrogens is 219 g/mol. The average molecular weight is 234 g/mol. The van der Waals surface area contributed by atoms with E-state index in [1.54, 1.807) is 12.1 Å². The van der Waals surface area contributed by atoms with E-state index in [9.17, 15) is 9.59 Å². The summed E-state index contributed by atoms with van der Waals surface area (Å²) in [6.45, 7) is 0.168. The molecule has 0 saturated carbocycles. The van der Waals surface area contributed by atoms with Gasteiger partial charge in [0.1, 0.15) is 12.8 Å². The van der Waals surface area contributed by atoms with Crippen LogP contribution >= 0.6 is 0 Å². The van der Waals surface area contributed by atoms with Crippen LogP contribution in [-0.2, 0) is 18.9 Å². The third-order valence-electron chi connectivity index (χ3n) is 2.99. The van der Waals surface area contributed by atoms with Crippen molar-refractivity contribution in [1.82, 2.24) is 0 Å². The second-order valence-corrected chi connectivity index (χ2v) is 4.36. The van der Waals surface area contributed by atoms with Crippen molar-refractivity contribution in [3.63, 3.8) is 0 Å². The van der Waals surface area contributed by atoms with Crippen LogP contribution in [-0.4, -0.2) is 18.5 Å². The van der Waals surface area contributed by atoms with Crippen LogP contribution in [0.1, 0.15) is 32.6 Å². The fourth-order valence-electron chi connectivity index (χ4n) is 2.15. The Morgan fingerprint density at radius 2 is 1.88 bits per heavy atom. The molecule has 5 heteroatoms. The summed E-state index contributed by atoms with van der Waals surface area (Å²) in [5.41, 5.74) is 0. The first-order valence-electron chi connectivity index (χ1n) is 5.94. The largest absolute Gasteiger partial charge is 0.610 e. The van der Waals surface area contributed by atoms with Crippen molar-refractivity contribution in [3.05, 3.63) is 30.0 Å². The van der Waals surface area contributed by atoms with Gasteiger partial charge in [0.15, 0.2) is 0 Å². The number of carbonyl (C=O) groups excluding carboxylic acids is 2. The summed E-state index contributed by atoms with van der Waals surface area (Å²) in [7, 11) is 0. The van der Waals surface area contributed by atoms with E-state index in [1.165, 1.54) is 0 Å². The highest BCUT2D eigenvalue weighted by molar-refractivity contribution is 6.84. The number of unbranched alkanes of at least 4 members (excludes halogenated alkanes) is 1. The van der Waals surface area contributed by atoms with Crippen LogP contribution < -0.4 is 0 Å². The van der Waals surface area contributed by atoms with Crippen molar-refractivity contribution >= 4 is 18.5 Å². The molecule has 2 rings (SSSR count).